The molecule has 2 aromatic carbocycles. The molecule has 150 valence electrons. The van der Waals surface area contributed by atoms with Gasteiger partial charge in [0, 0.05) is 24.4 Å². The van der Waals surface area contributed by atoms with Crippen LogP contribution in [-0.4, -0.2) is 35.6 Å². The third-order valence-electron chi connectivity index (χ3n) is 4.34. The normalized spacial score (nSPS) is 11.7. The van der Waals surface area contributed by atoms with Gasteiger partial charge in [-0.3, -0.25) is 9.59 Å². The number of halogens is 2. The van der Waals surface area contributed by atoms with E-state index in [0.29, 0.717) is 17.2 Å². The predicted molar refractivity (Wildman–Crippen MR) is 113 cm³/mol. The molecule has 1 unspecified atom stereocenters. The van der Waals surface area contributed by atoms with E-state index in [2.05, 4.69) is 5.32 Å². The molecule has 0 aliphatic carbocycles. The van der Waals surface area contributed by atoms with Crippen LogP contribution in [0.25, 0.3) is 0 Å². The topological polar surface area (TPSA) is 49.4 Å². The van der Waals surface area contributed by atoms with Crippen LogP contribution in [0.3, 0.4) is 0 Å². The van der Waals surface area contributed by atoms with Crippen LogP contribution < -0.4 is 5.32 Å². The maximum Gasteiger partial charge on any atom is 0.242 e. The first-order valence-corrected chi connectivity index (χ1v) is 10.6. The van der Waals surface area contributed by atoms with E-state index in [4.69, 9.17) is 11.6 Å². The summed E-state index contributed by atoms with van der Waals surface area (Å²) in [4.78, 5) is 26.8. The molecule has 0 bridgehead atoms. The van der Waals surface area contributed by atoms with Crippen molar-refractivity contribution < 1.29 is 14.0 Å². The number of nitrogens with one attached hydrogen (secondary N) is 1. The summed E-state index contributed by atoms with van der Waals surface area (Å²) in [5, 5.41) is 3.19. The molecule has 2 aromatic rings. The summed E-state index contributed by atoms with van der Waals surface area (Å²) in [6.07, 6.45) is 0.499. The lowest BCUT2D eigenvalue weighted by molar-refractivity contribution is -0.139. The number of carbonyl (C=O) groups excluding carboxylic acids is 2. The number of amides is 2. The first-order chi connectivity index (χ1) is 13.5. The van der Waals surface area contributed by atoms with Crippen LogP contribution in [0.5, 0.6) is 0 Å². The molecular formula is C21H24ClFN2O2S. The van der Waals surface area contributed by atoms with E-state index in [-0.39, 0.29) is 29.9 Å². The molecule has 0 aliphatic heterocycles. The van der Waals surface area contributed by atoms with Gasteiger partial charge in [0.25, 0.3) is 0 Å². The van der Waals surface area contributed by atoms with Gasteiger partial charge in [-0.15, -0.1) is 11.8 Å². The van der Waals surface area contributed by atoms with Gasteiger partial charge in [0.2, 0.25) is 11.8 Å². The molecule has 28 heavy (non-hydrogen) atoms. The highest BCUT2D eigenvalue weighted by Crippen LogP contribution is 2.21. The Labute approximate surface area is 174 Å². The van der Waals surface area contributed by atoms with Gasteiger partial charge < -0.3 is 10.2 Å². The zero-order valence-electron chi connectivity index (χ0n) is 16.0. The van der Waals surface area contributed by atoms with Crippen LogP contribution >= 0.6 is 23.4 Å². The molecule has 1 N–H and O–H groups in total. The lowest BCUT2D eigenvalue weighted by Gasteiger charge is -2.30. The Kier molecular flexibility index (Phi) is 8.80. The molecule has 0 fully saturated rings. The van der Waals surface area contributed by atoms with Gasteiger partial charge >= 0.3 is 0 Å². The lowest BCUT2D eigenvalue weighted by Crippen LogP contribution is -2.48. The second kappa shape index (κ2) is 11.1. The lowest BCUT2D eigenvalue weighted by atomic mass is 10.1. The number of thioether (sulfide) groups is 1. The summed E-state index contributed by atoms with van der Waals surface area (Å²) >= 11 is 7.69. The largest absolute Gasteiger partial charge is 0.357 e. The van der Waals surface area contributed by atoms with Gasteiger partial charge in [-0.05, 0) is 35.7 Å². The fraction of sp³-hybridized carbons (Fsp3) is 0.333. The summed E-state index contributed by atoms with van der Waals surface area (Å²) in [5.41, 5.74) is 1.73. The first-order valence-electron chi connectivity index (χ1n) is 9.03. The number of carbonyl (C=O) groups is 2. The van der Waals surface area contributed by atoms with E-state index >= 15 is 0 Å². The predicted octanol–water partition coefficient (Wildman–Crippen LogP) is 4.27. The molecule has 0 aromatic heterocycles. The fourth-order valence-corrected chi connectivity index (χ4v) is 3.88. The fourth-order valence-electron chi connectivity index (χ4n) is 2.82. The molecule has 4 nitrogen and oxygen atoms in total. The summed E-state index contributed by atoms with van der Waals surface area (Å²) < 4.78 is 13.0. The van der Waals surface area contributed by atoms with Crippen LogP contribution in [0.4, 0.5) is 4.39 Å². The monoisotopic (exact) mass is 422 g/mol. The van der Waals surface area contributed by atoms with Gasteiger partial charge in [0.15, 0.2) is 0 Å². The van der Waals surface area contributed by atoms with Gasteiger partial charge in [0.1, 0.15) is 11.9 Å². The Balaban J connectivity index is 2.10. The van der Waals surface area contributed by atoms with E-state index in [9.17, 15) is 14.0 Å². The first kappa shape index (κ1) is 22.2. The van der Waals surface area contributed by atoms with Gasteiger partial charge in [-0.25, -0.2) is 4.39 Å². The minimum absolute atomic E-state index is 0.137. The zero-order chi connectivity index (χ0) is 20.5. The van der Waals surface area contributed by atoms with Crippen molar-refractivity contribution in [1.29, 1.82) is 0 Å². The van der Waals surface area contributed by atoms with E-state index in [1.165, 1.54) is 23.9 Å². The maximum absolute atomic E-state index is 13.0. The Morgan fingerprint density at radius 1 is 1.18 bits per heavy atom. The Morgan fingerprint density at radius 2 is 1.86 bits per heavy atom. The standard InChI is InChI=1S/C21H24ClFN2O2S/c1-3-19(21(27)24-2)25(12-16-6-4-5-7-18(16)22)20(26)14-28-13-15-8-10-17(23)11-9-15/h4-11,19H,3,12-14H2,1-2H3,(H,24,27). The number of rotatable bonds is 9. The number of hydrogen-bond acceptors (Lipinski definition) is 3. The second-order valence-corrected chi connectivity index (χ2v) is 7.66. The average molecular weight is 423 g/mol. The van der Waals surface area contributed by atoms with Crippen molar-refractivity contribution in [1.82, 2.24) is 10.2 Å². The van der Waals surface area contributed by atoms with E-state index in [1.807, 2.05) is 25.1 Å². The number of hydrogen-bond donors (Lipinski definition) is 1. The molecule has 0 saturated carbocycles. The van der Waals surface area contributed by atoms with Crippen molar-refractivity contribution in [3.8, 4) is 0 Å². The van der Waals surface area contributed by atoms with Crippen LogP contribution in [0.1, 0.15) is 24.5 Å². The molecule has 2 rings (SSSR count). The third-order valence-corrected chi connectivity index (χ3v) is 5.70. The van der Waals surface area contributed by atoms with Crippen LogP contribution in [0.2, 0.25) is 5.02 Å². The molecule has 0 saturated heterocycles. The van der Waals surface area contributed by atoms with Crippen molar-refractivity contribution in [2.24, 2.45) is 0 Å². The van der Waals surface area contributed by atoms with E-state index in [1.54, 1.807) is 30.1 Å². The van der Waals surface area contributed by atoms with Crippen LogP contribution in [-0.2, 0) is 21.9 Å². The highest BCUT2D eigenvalue weighted by Gasteiger charge is 2.28. The molecule has 0 radical (unpaired) electrons. The van der Waals surface area contributed by atoms with Gasteiger partial charge in [-0.1, -0.05) is 48.9 Å². The third kappa shape index (κ3) is 6.24. The minimum atomic E-state index is -0.569. The van der Waals surface area contributed by atoms with Crippen molar-refractivity contribution in [3.63, 3.8) is 0 Å². The molecule has 2 amide bonds. The summed E-state index contributed by atoms with van der Waals surface area (Å²) in [7, 11) is 1.56. The van der Waals surface area contributed by atoms with E-state index < -0.39 is 6.04 Å². The number of benzene rings is 2. The summed E-state index contributed by atoms with van der Waals surface area (Å²) in [6.45, 7) is 2.14. The highest BCUT2D eigenvalue weighted by molar-refractivity contribution is 7.99. The molecule has 0 spiro atoms. The SMILES string of the molecule is CCC(C(=O)NC)N(Cc1ccccc1Cl)C(=O)CSCc1ccc(F)cc1. The molecule has 0 heterocycles. The molecule has 7 heteroatoms. The summed E-state index contributed by atoms with van der Waals surface area (Å²) in [5.74, 6) is 0.180. The zero-order valence-corrected chi connectivity index (χ0v) is 17.5. The molecule has 0 aliphatic rings. The number of likely N-dealkylation sites (N-methyl/N-ethyl adjacent to an activating group) is 1. The average Bonchev–Trinajstić information content (AvgIpc) is 2.70. The second-order valence-electron chi connectivity index (χ2n) is 6.27. The van der Waals surface area contributed by atoms with E-state index in [0.717, 1.165) is 11.1 Å². The quantitative estimate of drug-likeness (QED) is 0.656. The van der Waals surface area contributed by atoms with Gasteiger partial charge in [0.05, 0.1) is 5.75 Å². The number of nitrogens with zero attached hydrogens (tertiary/aromatic N) is 1. The van der Waals surface area contributed by atoms with Gasteiger partial charge in [-0.2, -0.15) is 0 Å². The maximum atomic E-state index is 13.0. The molecule has 1 atom stereocenters. The smallest absolute Gasteiger partial charge is 0.242 e. The Morgan fingerprint density at radius 3 is 2.46 bits per heavy atom. The van der Waals surface area contributed by atoms with Crippen molar-refractivity contribution in [2.75, 3.05) is 12.8 Å². The Hall–Kier alpha value is -2.05. The minimum Gasteiger partial charge on any atom is -0.357 e. The Bertz CT molecular complexity index is 801. The van der Waals surface area contributed by atoms with Crippen LogP contribution in [0, 0.1) is 5.82 Å². The van der Waals surface area contributed by atoms with Crippen molar-refractivity contribution >= 4 is 35.2 Å². The highest BCUT2D eigenvalue weighted by atomic mass is 35.5. The van der Waals surface area contributed by atoms with Crippen LogP contribution in [0.15, 0.2) is 48.5 Å². The summed E-state index contributed by atoms with van der Waals surface area (Å²) in [6, 6.07) is 12.9. The van der Waals surface area contributed by atoms with Crippen molar-refractivity contribution in [3.05, 3.63) is 70.5 Å². The molecular weight excluding hydrogens is 399 g/mol. The van der Waals surface area contributed by atoms with Crippen molar-refractivity contribution in [2.45, 2.75) is 31.7 Å².